The highest BCUT2D eigenvalue weighted by Gasteiger charge is 2.05. The molecule has 0 fully saturated rings. The van der Waals surface area contributed by atoms with Crippen molar-refractivity contribution in [3.63, 3.8) is 0 Å². The van der Waals surface area contributed by atoms with Crippen LogP contribution in [-0.4, -0.2) is 45.3 Å². The van der Waals surface area contributed by atoms with Gasteiger partial charge in [-0.2, -0.15) is 5.10 Å². The van der Waals surface area contributed by atoms with Crippen LogP contribution in [-0.2, 0) is 6.54 Å². The molecule has 0 saturated carbocycles. The summed E-state index contributed by atoms with van der Waals surface area (Å²) >= 11 is 5.94. The maximum absolute atomic E-state index is 5.94. The van der Waals surface area contributed by atoms with Gasteiger partial charge in [-0.15, -0.1) is 0 Å². The Kier molecular flexibility index (Phi) is 4.36. The third kappa shape index (κ3) is 3.43. The minimum Gasteiger partial charge on any atom is -0.309 e. The first-order valence-corrected chi connectivity index (χ1v) is 7.59. The predicted molar refractivity (Wildman–Crippen MR) is 88.9 cm³/mol. The molecule has 3 rings (SSSR count). The predicted octanol–water partition coefficient (Wildman–Crippen LogP) is 3.10. The van der Waals surface area contributed by atoms with Crippen molar-refractivity contribution >= 4 is 22.6 Å². The lowest BCUT2D eigenvalue weighted by Crippen LogP contribution is -2.15. The zero-order valence-corrected chi connectivity index (χ0v) is 13.5. The number of halogens is 1. The third-order valence-electron chi connectivity index (χ3n) is 3.46. The van der Waals surface area contributed by atoms with Gasteiger partial charge in [-0.05, 0) is 45.3 Å². The summed E-state index contributed by atoms with van der Waals surface area (Å²) in [6, 6.07) is 5.62. The van der Waals surface area contributed by atoms with Gasteiger partial charge in [0.1, 0.15) is 5.15 Å². The van der Waals surface area contributed by atoms with E-state index in [2.05, 4.69) is 34.1 Å². The summed E-state index contributed by atoms with van der Waals surface area (Å²) in [5, 5.41) is 4.89. The number of aryl methyl sites for hydroxylation is 1. The smallest absolute Gasteiger partial charge is 0.129 e. The second-order valence-electron chi connectivity index (χ2n) is 5.55. The van der Waals surface area contributed by atoms with Crippen molar-refractivity contribution in [3.05, 3.63) is 41.9 Å². The van der Waals surface area contributed by atoms with E-state index in [1.165, 1.54) is 0 Å². The lowest BCUT2D eigenvalue weighted by atomic mass is 10.1. The summed E-state index contributed by atoms with van der Waals surface area (Å²) in [4.78, 5) is 10.9. The molecule has 0 radical (unpaired) electrons. The summed E-state index contributed by atoms with van der Waals surface area (Å²) in [5.74, 6) is 0. The van der Waals surface area contributed by atoms with Gasteiger partial charge < -0.3 is 4.90 Å². The Hall–Kier alpha value is -1.98. The van der Waals surface area contributed by atoms with Crippen LogP contribution in [0.2, 0.25) is 5.15 Å². The Morgan fingerprint density at radius 3 is 2.82 bits per heavy atom. The first kappa shape index (κ1) is 14.9. The fourth-order valence-electron chi connectivity index (χ4n) is 2.32. The number of nitrogens with zero attached hydrogens (tertiary/aromatic N) is 5. The zero-order chi connectivity index (χ0) is 15.5. The number of hydrogen-bond acceptors (Lipinski definition) is 4. The number of rotatable bonds is 5. The SMILES string of the molecule is CN(C)CCCn1cc(-c2cnc3ccc(Cl)nc3c2)cn1. The molecule has 0 spiro atoms. The van der Waals surface area contributed by atoms with E-state index < -0.39 is 0 Å². The Morgan fingerprint density at radius 2 is 2.00 bits per heavy atom. The second kappa shape index (κ2) is 6.42. The largest absolute Gasteiger partial charge is 0.309 e. The lowest BCUT2D eigenvalue weighted by Gasteiger charge is -2.08. The summed E-state index contributed by atoms with van der Waals surface area (Å²) < 4.78 is 1.97. The first-order chi connectivity index (χ1) is 10.6. The molecular formula is C16H18ClN5. The van der Waals surface area contributed by atoms with E-state index in [9.17, 15) is 0 Å². The van der Waals surface area contributed by atoms with Gasteiger partial charge in [-0.1, -0.05) is 11.6 Å². The molecule has 0 N–H and O–H groups in total. The average molecular weight is 316 g/mol. The minimum absolute atomic E-state index is 0.478. The van der Waals surface area contributed by atoms with Crippen LogP contribution < -0.4 is 0 Å². The molecule has 0 atom stereocenters. The fraction of sp³-hybridized carbons (Fsp3) is 0.312. The third-order valence-corrected chi connectivity index (χ3v) is 3.67. The molecule has 0 aliphatic heterocycles. The summed E-state index contributed by atoms with van der Waals surface area (Å²) in [5.41, 5.74) is 3.68. The molecule has 0 saturated heterocycles. The van der Waals surface area contributed by atoms with Crippen LogP contribution in [0.1, 0.15) is 6.42 Å². The first-order valence-electron chi connectivity index (χ1n) is 7.22. The molecule has 22 heavy (non-hydrogen) atoms. The summed E-state index contributed by atoms with van der Waals surface area (Å²) in [7, 11) is 4.15. The van der Waals surface area contributed by atoms with E-state index >= 15 is 0 Å². The Balaban J connectivity index is 1.80. The quantitative estimate of drug-likeness (QED) is 0.679. The van der Waals surface area contributed by atoms with Gasteiger partial charge in [0, 0.05) is 30.1 Å². The molecule has 0 amide bonds. The van der Waals surface area contributed by atoms with Crippen LogP contribution in [0.15, 0.2) is 36.8 Å². The summed E-state index contributed by atoms with van der Waals surface area (Å²) in [6.07, 6.45) is 6.83. The van der Waals surface area contributed by atoms with Gasteiger partial charge in [-0.25, -0.2) is 4.98 Å². The van der Waals surface area contributed by atoms with Gasteiger partial charge in [0.05, 0.1) is 17.2 Å². The molecule has 6 heteroatoms. The zero-order valence-electron chi connectivity index (χ0n) is 12.7. The van der Waals surface area contributed by atoms with Crippen LogP contribution in [0.4, 0.5) is 0 Å². The Morgan fingerprint density at radius 1 is 1.14 bits per heavy atom. The topological polar surface area (TPSA) is 46.8 Å². The fourth-order valence-corrected chi connectivity index (χ4v) is 2.48. The molecule has 3 aromatic rings. The van der Waals surface area contributed by atoms with Gasteiger partial charge in [0.2, 0.25) is 0 Å². The monoisotopic (exact) mass is 315 g/mol. The van der Waals surface area contributed by atoms with Crippen LogP contribution in [0.3, 0.4) is 0 Å². The van der Waals surface area contributed by atoms with Crippen LogP contribution in [0.5, 0.6) is 0 Å². The molecule has 5 nitrogen and oxygen atoms in total. The van der Waals surface area contributed by atoms with Crippen molar-refractivity contribution in [2.24, 2.45) is 0 Å². The molecule has 114 valence electrons. The van der Waals surface area contributed by atoms with E-state index in [4.69, 9.17) is 11.6 Å². The highest BCUT2D eigenvalue weighted by atomic mass is 35.5. The lowest BCUT2D eigenvalue weighted by molar-refractivity contribution is 0.380. The van der Waals surface area contributed by atoms with Crippen LogP contribution in [0, 0.1) is 0 Å². The standard InChI is InChI=1S/C16H18ClN5/c1-21(2)6-3-7-22-11-13(10-19-22)12-8-15-14(18-9-12)4-5-16(17)20-15/h4-5,8-11H,3,6-7H2,1-2H3. The van der Waals surface area contributed by atoms with E-state index in [1.807, 2.05) is 35.4 Å². The molecule has 0 unspecified atom stereocenters. The molecule has 3 heterocycles. The van der Waals surface area contributed by atoms with Gasteiger partial charge >= 0.3 is 0 Å². The highest BCUT2D eigenvalue weighted by Crippen LogP contribution is 2.22. The van der Waals surface area contributed by atoms with Crippen LogP contribution >= 0.6 is 11.6 Å². The average Bonchev–Trinajstić information content (AvgIpc) is 2.95. The van der Waals surface area contributed by atoms with Crippen molar-refractivity contribution in [1.82, 2.24) is 24.6 Å². The normalized spacial score (nSPS) is 11.5. The molecule has 0 bridgehead atoms. The minimum atomic E-state index is 0.478. The van der Waals surface area contributed by atoms with E-state index in [0.29, 0.717) is 5.15 Å². The van der Waals surface area contributed by atoms with E-state index in [1.54, 1.807) is 6.07 Å². The van der Waals surface area contributed by atoms with E-state index in [-0.39, 0.29) is 0 Å². The molecule has 0 aliphatic carbocycles. The van der Waals surface area contributed by atoms with Crippen molar-refractivity contribution in [2.75, 3.05) is 20.6 Å². The van der Waals surface area contributed by atoms with Gasteiger partial charge in [0.15, 0.2) is 0 Å². The summed E-state index contributed by atoms with van der Waals surface area (Å²) in [6.45, 7) is 1.96. The number of hydrogen-bond donors (Lipinski definition) is 0. The van der Waals surface area contributed by atoms with Crippen molar-refractivity contribution in [1.29, 1.82) is 0 Å². The number of fused-ring (bicyclic) bond motifs is 1. The molecule has 0 aromatic carbocycles. The second-order valence-corrected chi connectivity index (χ2v) is 5.93. The van der Waals surface area contributed by atoms with Crippen molar-refractivity contribution < 1.29 is 0 Å². The van der Waals surface area contributed by atoms with Gasteiger partial charge in [0.25, 0.3) is 0 Å². The number of pyridine rings is 2. The van der Waals surface area contributed by atoms with Crippen LogP contribution in [0.25, 0.3) is 22.2 Å². The van der Waals surface area contributed by atoms with Crippen molar-refractivity contribution in [3.8, 4) is 11.1 Å². The maximum Gasteiger partial charge on any atom is 0.129 e. The number of aromatic nitrogens is 4. The molecule has 3 aromatic heterocycles. The maximum atomic E-state index is 5.94. The van der Waals surface area contributed by atoms with Crippen molar-refractivity contribution in [2.45, 2.75) is 13.0 Å². The molecule has 0 aliphatic rings. The van der Waals surface area contributed by atoms with E-state index in [0.717, 1.165) is 41.7 Å². The highest BCUT2D eigenvalue weighted by molar-refractivity contribution is 6.29. The Bertz CT molecular complexity index is 781. The Labute approximate surface area is 134 Å². The van der Waals surface area contributed by atoms with Gasteiger partial charge in [-0.3, -0.25) is 9.67 Å². The molecular weight excluding hydrogens is 298 g/mol.